The van der Waals surface area contributed by atoms with Crippen molar-refractivity contribution in [2.45, 2.75) is 30.4 Å². The molecule has 0 bridgehead atoms. The van der Waals surface area contributed by atoms with Crippen molar-refractivity contribution in [2.24, 2.45) is 0 Å². The second-order valence-electron chi connectivity index (χ2n) is 7.26. The van der Waals surface area contributed by atoms with Crippen LogP contribution in [-0.2, 0) is 4.79 Å². The zero-order chi connectivity index (χ0) is 21.6. The highest BCUT2D eigenvalue weighted by atomic mass is 32.2. The number of hydrogen-bond donors (Lipinski definition) is 1. The number of rotatable bonds is 7. The number of benzene rings is 3. The van der Waals surface area contributed by atoms with Crippen molar-refractivity contribution >= 4 is 17.7 Å². The SMILES string of the molecule is Cc1ccc(-c2nnc(SC(C)C(=O)NC(c3ccccc3)c3ccccc3)o2)cc1. The van der Waals surface area contributed by atoms with Gasteiger partial charge in [-0.1, -0.05) is 90.1 Å². The Balaban J connectivity index is 1.46. The van der Waals surface area contributed by atoms with Crippen LogP contribution in [0, 0.1) is 6.92 Å². The van der Waals surface area contributed by atoms with Crippen LogP contribution in [0.4, 0.5) is 0 Å². The molecule has 6 heteroatoms. The van der Waals surface area contributed by atoms with E-state index in [0.717, 1.165) is 22.3 Å². The summed E-state index contributed by atoms with van der Waals surface area (Å²) in [5.74, 6) is 0.347. The number of hydrogen-bond acceptors (Lipinski definition) is 5. The first-order valence-corrected chi connectivity index (χ1v) is 11.0. The molecule has 4 aromatic rings. The standard InChI is InChI=1S/C25H23N3O2S/c1-17-13-15-21(16-14-17)24-27-28-25(30-24)31-18(2)23(29)26-22(19-9-5-3-6-10-19)20-11-7-4-8-12-20/h3-16,18,22H,1-2H3,(H,26,29). The molecule has 1 amide bonds. The van der Waals surface area contributed by atoms with Crippen molar-refractivity contribution in [2.75, 3.05) is 0 Å². The summed E-state index contributed by atoms with van der Waals surface area (Å²) in [7, 11) is 0. The van der Waals surface area contributed by atoms with Gasteiger partial charge in [0.2, 0.25) is 11.8 Å². The first-order chi connectivity index (χ1) is 15.1. The summed E-state index contributed by atoms with van der Waals surface area (Å²) < 4.78 is 5.77. The van der Waals surface area contributed by atoms with Gasteiger partial charge in [0.15, 0.2) is 0 Å². The molecule has 1 N–H and O–H groups in total. The van der Waals surface area contributed by atoms with Gasteiger partial charge in [0.1, 0.15) is 0 Å². The van der Waals surface area contributed by atoms with Gasteiger partial charge in [-0.2, -0.15) is 0 Å². The quantitative estimate of drug-likeness (QED) is 0.397. The molecule has 0 aliphatic rings. The minimum atomic E-state index is -0.402. The maximum Gasteiger partial charge on any atom is 0.277 e. The first-order valence-electron chi connectivity index (χ1n) is 10.1. The van der Waals surface area contributed by atoms with Gasteiger partial charge in [-0.05, 0) is 37.1 Å². The highest BCUT2D eigenvalue weighted by Crippen LogP contribution is 2.28. The molecule has 0 saturated heterocycles. The van der Waals surface area contributed by atoms with E-state index in [1.807, 2.05) is 98.8 Å². The van der Waals surface area contributed by atoms with Crippen molar-refractivity contribution < 1.29 is 9.21 Å². The molecule has 1 unspecified atom stereocenters. The van der Waals surface area contributed by atoms with E-state index >= 15 is 0 Å². The Morgan fingerprint density at radius 3 is 2.03 bits per heavy atom. The van der Waals surface area contributed by atoms with E-state index in [-0.39, 0.29) is 11.9 Å². The van der Waals surface area contributed by atoms with Gasteiger partial charge in [0.25, 0.3) is 5.22 Å². The molecule has 31 heavy (non-hydrogen) atoms. The number of nitrogens with one attached hydrogen (secondary N) is 1. The van der Waals surface area contributed by atoms with Crippen molar-refractivity contribution in [1.82, 2.24) is 15.5 Å². The van der Waals surface area contributed by atoms with Gasteiger partial charge in [0, 0.05) is 5.56 Å². The maximum absolute atomic E-state index is 13.0. The summed E-state index contributed by atoms with van der Waals surface area (Å²) in [5, 5.41) is 11.3. The molecular formula is C25H23N3O2S. The molecule has 1 heterocycles. The largest absolute Gasteiger partial charge is 0.411 e. The minimum absolute atomic E-state index is 0.0993. The van der Waals surface area contributed by atoms with Gasteiger partial charge in [-0.25, -0.2) is 0 Å². The smallest absolute Gasteiger partial charge is 0.277 e. The third-order valence-corrected chi connectivity index (χ3v) is 5.84. The second kappa shape index (κ2) is 9.62. The number of carbonyl (C=O) groups is 1. The number of aromatic nitrogens is 2. The number of aryl methyl sites for hydroxylation is 1. The zero-order valence-electron chi connectivity index (χ0n) is 17.4. The lowest BCUT2D eigenvalue weighted by Crippen LogP contribution is -2.34. The van der Waals surface area contributed by atoms with Gasteiger partial charge in [-0.15, -0.1) is 10.2 Å². The van der Waals surface area contributed by atoms with Gasteiger partial charge in [-0.3, -0.25) is 4.79 Å². The number of carbonyl (C=O) groups excluding carboxylic acids is 1. The lowest BCUT2D eigenvalue weighted by Gasteiger charge is -2.21. The summed E-state index contributed by atoms with van der Waals surface area (Å²) in [6, 6.07) is 27.5. The molecule has 4 rings (SSSR count). The average molecular weight is 430 g/mol. The summed E-state index contributed by atoms with van der Waals surface area (Å²) in [6.07, 6.45) is 0. The Morgan fingerprint density at radius 1 is 0.871 bits per heavy atom. The van der Waals surface area contributed by atoms with Crippen LogP contribution in [0.1, 0.15) is 29.7 Å². The fraction of sp³-hybridized carbons (Fsp3) is 0.160. The van der Waals surface area contributed by atoms with Crippen molar-refractivity contribution in [1.29, 1.82) is 0 Å². The molecule has 0 aliphatic carbocycles. The first kappa shape index (κ1) is 20.9. The average Bonchev–Trinajstić information content (AvgIpc) is 3.27. The van der Waals surface area contributed by atoms with Gasteiger partial charge < -0.3 is 9.73 Å². The van der Waals surface area contributed by atoms with Crippen LogP contribution in [0.2, 0.25) is 0 Å². The molecule has 0 radical (unpaired) electrons. The molecular weight excluding hydrogens is 406 g/mol. The van der Waals surface area contributed by atoms with Crippen LogP contribution < -0.4 is 5.32 Å². The topological polar surface area (TPSA) is 68.0 Å². The van der Waals surface area contributed by atoms with E-state index in [1.165, 1.54) is 11.8 Å². The van der Waals surface area contributed by atoms with E-state index in [9.17, 15) is 4.79 Å². The summed E-state index contributed by atoms with van der Waals surface area (Å²) in [5.41, 5.74) is 4.07. The van der Waals surface area contributed by atoms with Crippen molar-refractivity contribution in [3.8, 4) is 11.5 Å². The number of nitrogens with zero attached hydrogens (tertiary/aromatic N) is 2. The van der Waals surface area contributed by atoms with E-state index in [1.54, 1.807) is 0 Å². The fourth-order valence-electron chi connectivity index (χ4n) is 3.18. The summed E-state index contributed by atoms with van der Waals surface area (Å²) in [4.78, 5) is 13.0. The molecule has 0 fully saturated rings. The third kappa shape index (κ3) is 5.22. The molecule has 3 aromatic carbocycles. The molecule has 5 nitrogen and oxygen atoms in total. The lowest BCUT2D eigenvalue weighted by molar-refractivity contribution is -0.120. The molecule has 156 valence electrons. The minimum Gasteiger partial charge on any atom is -0.411 e. The molecule has 1 aromatic heterocycles. The van der Waals surface area contributed by atoms with Crippen LogP contribution in [0.15, 0.2) is 94.6 Å². The van der Waals surface area contributed by atoms with Crippen LogP contribution in [0.3, 0.4) is 0 Å². The molecule has 0 aliphatic heterocycles. The fourth-order valence-corrected chi connectivity index (χ4v) is 3.88. The van der Waals surface area contributed by atoms with Crippen LogP contribution in [-0.4, -0.2) is 21.4 Å². The van der Waals surface area contributed by atoms with Crippen LogP contribution >= 0.6 is 11.8 Å². The Kier molecular flexibility index (Phi) is 6.48. The van der Waals surface area contributed by atoms with Crippen molar-refractivity contribution in [3.63, 3.8) is 0 Å². The van der Waals surface area contributed by atoms with Crippen molar-refractivity contribution in [3.05, 3.63) is 102 Å². The van der Waals surface area contributed by atoms with E-state index in [2.05, 4.69) is 15.5 Å². The summed E-state index contributed by atoms with van der Waals surface area (Å²) >= 11 is 1.25. The highest BCUT2D eigenvalue weighted by Gasteiger charge is 2.23. The predicted octanol–water partition coefficient (Wildman–Crippen LogP) is 5.43. The highest BCUT2D eigenvalue weighted by molar-refractivity contribution is 8.00. The van der Waals surface area contributed by atoms with E-state index in [0.29, 0.717) is 11.1 Å². The zero-order valence-corrected chi connectivity index (χ0v) is 18.2. The molecule has 0 saturated carbocycles. The molecule has 0 spiro atoms. The van der Waals surface area contributed by atoms with Crippen LogP contribution in [0.25, 0.3) is 11.5 Å². The normalized spacial score (nSPS) is 12.0. The summed E-state index contributed by atoms with van der Waals surface area (Å²) in [6.45, 7) is 3.86. The third-order valence-electron chi connectivity index (χ3n) is 4.90. The lowest BCUT2D eigenvalue weighted by atomic mass is 9.98. The number of thioether (sulfide) groups is 1. The van der Waals surface area contributed by atoms with Crippen LogP contribution in [0.5, 0.6) is 0 Å². The second-order valence-corrected chi connectivity index (χ2v) is 8.55. The Morgan fingerprint density at radius 2 is 1.45 bits per heavy atom. The van der Waals surface area contributed by atoms with Gasteiger partial charge >= 0.3 is 0 Å². The Bertz CT molecular complexity index is 1090. The van der Waals surface area contributed by atoms with E-state index < -0.39 is 5.25 Å². The number of amides is 1. The predicted molar refractivity (Wildman–Crippen MR) is 123 cm³/mol. The van der Waals surface area contributed by atoms with E-state index in [4.69, 9.17) is 4.42 Å². The molecule has 1 atom stereocenters. The van der Waals surface area contributed by atoms with Gasteiger partial charge in [0.05, 0.1) is 11.3 Å². The Labute approximate surface area is 185 Å². The Hall–Kier alpha value is -3.38. The maximum atomic E-state index is 13.0. The monoisotopic (exact) mass is 429 g/mol.